The van der Waals surface area contributed by atoms with Gasteiger partial charge in [-0.15, -0.1) is 0 Å². The van der Waals surface area contributed by atoms with Crippen molar-refractivity contribution in [1.29, 1.82) is 0 Å². The summed E-state index contributed by atoms with van der Waals surface area (Å²) < 4.78 is 0. The van der Waals surface area contributed by atoms with Gasteiger partial charge >= 0.3 is 0 Å². The Hall–Kier alpha value is -0.630. The maximum atomic E-state index is 6.39. The lowest BCUT2D eigenvalue weighted by Gasteiger charge is -2.28. The minimum atomic E-state index is 0.545. The van der Waals surface area contributed by atoms with Crippen molar-refractivity contribution >= 4 is 11.6 Å². The smallest absolute Gasteiger partial charge is 0.136 e. The molecule has 2 aliphatic carbocycles. The SMILES string of the molecule is CCC1CCCC(c2nc(Cl)c3c(n2)CCCC3)C1. The molecule has 1 aromatic rings. The lowest BCUT2D eigenvalue weighted by molar-refractivity contribution is 0.306. The molecule has 1 aromatic heterocycles. The summed E-state index contributed by atoms with van der Waals surface area (Å²) in [5.41, 5.74) is 2.46. The molecule has 0 radical (unpaired) electrons. The maximum absolute atomic E-state index is 6.39. The topological polar surface area (TPSA) is 25.8 Å². The van der Waals surface area contributed by atoms with Crippen LogP contribution in [0.5, 0.6) is 0 Å². The molecular weight excluding hydrogens is 256 g/mol. The zero-order valence-electron chi connectivity index (χ0n) is 11.8. The maximum Gasteiger partial charge on any atom is 0.136 e. The van der Waals surface area contributed by atoms with E-state index in [0.717, 1.165) is 29.7 Å². The third-order valence-electron chi connectivity index (χ3n) is 4.88. The lowest BCUT2D eigenvalue weighted by Crippen LogP contribution is -2.18. The van der Waals surface area contributed by atoms with Gasteiger partial charge in [-0.3, -0.25) is 0 Å². The van der Waals surface area contributed by atoms with Crippen LogP contribution in [0.3, 0.4) is 0 Å². The molecule has 0 N–H and O–H groups in total. The molecule has 2 atom stereocenters. The van der Waals surface area contributed by atoms with Crippen molar-refractivity contribution in [3.8, 4) is 0 Å². The van der Waals surface area contributed by atoms with Crippen LogP contribution in [0.1, 0.15) is 74.9 Å². The molecule has 19 heavy (non-hydrogen) atoms. The van der Waals surface area contributed by atoms with Gasteiger partial charge in [-0.05, 0) is 44.4 Å². The highest BCUT2D eigenvalue weighted by molar-refractivity contribution is 6.30. The van der Waals surface area contributed by atoms with Crippen molar-refractivity contribution in [1.82, 2.24) is 9.97 Å². The van der Waals surface area contributed by atoms with E-state index in [4.69, 9.17) is 16.6 Å². The molecule has 1 fully saturated rings. The van der Waals surface area contributed by atoms with E-state index in [0.29, 0.717) is 5.92 Å². The van der Waals surface area contributed by atoms with Crippen LogP contribution in [0, 0.1) is 5.92 Å². The van der Waals surface area contributed by atoms with Crippen molar-refractivity contribution in [2.75, 3.05) is 0 Å². The quantitative estimate of drug-likeness (QED) is 0.733. The Balaban J connectivity index is 1.86. The summed E-state index contributed by atoms with van der Waals surface area (Å²) in [6.45, 7) is 2.30. The normalized spacial score (nSPS) is 27.1. The fourth-order valence-electron chi connectivity index (χ4n) is 3.65. The molecule has 2 unspecified atom stereocenters. The Bertz CT molecular complexity index is 458. The molecule has 0 aromatic carbocycles. The van der Waals surface area contributed by atoms with E-state index < -0.39 is 0 Å². The number of aromatic nitrogens is 2. The first-order chi connectivity index (χ1) is 9.28. The van der Waals surface area contributed by atoms with Gasteiger partial charge in [0, 0.05) is 17.2 Å². The zero-order valence-corrected chi connectivity index (χ0v) is 12.5. The van der Waals surface area contributed by atoms with Gasteiger partial charge in [0.2, 0.25) is 0 Å². The molecule has 0 saturated heterocycles. The monoisotopic (exact) mass is 278 g/mol. The molecule has 0 spiro atoms. The summed E-state index contributed by atoms with van der Waals surface area (Å²) in [6.07, 6.45) is 11.1. The minimum Gasteiger partial charge on any atom is -0.237 e. The van der Waals surface area contributed by atoms with E-state index in [1.807, 2.05) is 0 Å². The van der Waals surface area contributed by atoms with Crippen LogP contribution in [0.2, 0.25) is 5.15 Å². The summed E-state index contributed by atoms with van der Waals surface area (Å²) in [4.78, 5) is 9.50. The van der Waals surface area contributed by atoms with Gasteiger partial charge in [0.25, 0.3) is 0 Å². The van der Waals surface area contributed by atoms with Crippen LogP contribution in [-0.2, 0) is 12.8 Å². The van der Waals surface area contributed by atoms with Crippen LogP contribution in [0.25, 0.3) is 0 Å². The van der Waals surface area contributed by atoms with Crippen molar-refractivity contribution in [3.63, 3.8) is 0 Å². The molecule has 1 heterocycles. The Morgan fingerprint density at radius 2 is 1.95 bits per heavy atom. The number of hydrogen-bond acceptors (Lipinski definition) is 2. The number of hydrogen-bond donors (Lipinski definition) is 0. The molecule has 0 amide bonds. The summed E-state index contributed by atoms with van der Waals surface area (Å²) in [7, 11) is 0. The van der Waals surface area contributed by atoms with E-state index in [2.05, 4.69) is 11.9 Å². The average molecular weight is 279 g/mol. The van der Waals surface area contributed by atoms with Crippen molar-refractivity contribution < 1.29 is 0 Å². The molecule has 2 aliphatic rings. The third-order valence-corrected chi connectivity index (χ3v) is 5.19. The first-order valence-electron chi connectivity index (χ1n) is 7.83. The standard InChI is InChI=1S/C16H23ClN2/c1-2-11-6-5-7-12(10-11)16-18-14-9-4-3-8-13(14)15(17)19-16/h11-12H,2-10H2,1H3. The number of fused-ring (bicyclic) bond motifs is 1. The van der Waals surface area contributed by atoms with E-state index >= 15 is 0 Å². The van der Waals surface area contributed by atoms with Gasteiger partial charge in [-0.1, -0.05) is 37.8 Å². The first kappa shape index (κ1) is 13.4. The largest absolute Gasteiger partial charge is 0.237 e. The van der Waals surface area contributed by atoms with Gasteiger partial charge in [-0.2, -0.15) is 0 Å². The number of aryl methyl sites for hydroxylation is 1. The van der Waals surface area contributed by atoms with Crippen molar-refractivity contribution in [2.45, 2.75) is 70.6 Å². The molecule has 1 saturated carbocycles. The fraction of sp³-hybridized carbons (Fsp3) is 0.750. The first-order valence-corrected chi connectivity index (χ1v) is 8.21. The molecule has 0 bridgehead atoms. The Kier molecular flexibility index (Phi) is 4.07. The molecule has 2 nitrogen and oxygen atoms in total. The molecule has 3 heteroatoms. The van der Waals surface area contributed by atoms with Crippen molar-refractivity contribution in [3.05, 3.63) is 22.2 Å². The van der Waals surface area contributed by atoms with Crippen molar-refractivity contribution in [2.24, 2.45) is 5.92 Å². The second-order valence-electron chi connectivity index (χ2n) is 6.14. The van der Waals surface area contributed by atoms with Crippen LogP contribution in [0.4, 0.5) is 0 Å². The summed E-state index contributed by atoms with van der Waals surface area (Å²) in [6, 6.07) is 0. The molecule has 104 valence electrons. The summed E-state index contributed by atoms with van der Waals surface area (Å²) in [5, 5.41) is 0.735. The van der Waals surface area contributed by atoms with Crippen LogP contribution >= 0.6 is 11.6 Å². The van der Waals surface area contributed by atoms with Gasteiger partial charge in [0.15, 0.2) is 0 Å². The Morgan fingerprint density at radius 3 is 2.79 bits per heavy atom. The molecule has 0 aliphatic heterocycles. The Morgan fingerprint density at radius 1 is 1.11 bits per heavy atom. The van der Waals surface area contributed by atoms with Gasteiger partial charge in [0.05, 0.1) is 0 Å². The number of rotatable bonds is 2. The average Bonchev–Trinajstić information content (AvgIpc) is 2.47. The lowest BCUT2D eigenvalue weighted by atomic mass is 9.79. The van der Waals surface area contributed by atoms with Crippen LogP contribution in [0.15, 0.2) is 0 Å². The molecule has 3 rings (SSSR count). The third kappa shape index (κ3) is 2.79. The van der Waals surface area contributed by atoms with E-state index in [-0.39, 0.29) is 0 Å². The van der Waals surface area contributed by atoms with Crippen LogP contribution < -0.4 is 0 Å². The second-order valence-corrected chi connectivity index (χ2v) is 6.50. The minimum absolute atomic E-state index is 0.545. The number of halogens is 1. The summed E-state index contributed by atoms with van der Waals surface area (Å²) >= 11 is 6.39. The number of nitrogens with zero attached hydrogens (tertiary/aromatic N) is 2. The van der Waals surface area contributed by atoms with Crippen LogP contribution in [-0.4, -0.2) is 9.97 Å². The second kappa shape index (κ2) is 5.78. The molecular formula is C16H23ClN2. The van der Waals surface area contributed by atoms with Gasteiger partial charge in [-0.25, -0.2) is 9.97 Å². The highest BCUT2D eigenvalue weighted by Crippen LogP contribution is 2.37. The summed E-state index contributed by atoms with van der Waals surface area (Å²) in [5.74, 6) is 2.43. The van der Waals surface area contributed by atoms with Gasteiger partial charge in [0.1, 0.15) is 11.0 Å². The van der Waals surface area contributed by atoms with E-state index in [1.165, 1.54) is 56.2 Å². The predicted octanol–water partition coefficient (Wildman–Crippen LogP) is 4.69. The van der Waals surface area contributed by atoms with Gasteiger partial charge < -0.3 is 0 Å². The zero-order chi connectivity index (χ0) is 13.2. The highest BCUT2D eigenvalue weighted by atomic mass is 35.5. The predicted molar refractivity (Wildman–Crippen MR) is 78.7 cm³/mol. The Labute approximate surface area is 121 Å². The van der Waals surface area contributed by atoms with E-state index in [9.17, 15) is 0 Å². The van der Waals surface area contributed by atoms with E-state index in [1.54, 1.807) is 0 Å². The highest BCUT2D eigenvalue weighted by Gasteiger charge is 2.26. The fourth-order valence-corrected chi connectivity index (χ4v) is 3.94.